The minimum atomic E-state index is 0.666. The molecular weight excluding hydrogens is 220 g/mol. The Kier molecular flexibility index (Phi) is 3.54. The van der Waals surface area contributed by atoms with E-state index in [9.17, 15) is 0 Å². The zero-order valence-corrected chi connectivity index (χ0v) is 9.96. The maximum Gasteiger partial charge on any atom is 0.123 e. The Hall–Kier alpha value is -1.39. The van der Waals surface area contributed by atoms with Gasteiger partial charge in [0, 0.05) is 16.6 Å². The van der Waals surface area contributed by atoms with E-state index < -0.39 is 0 Å². The molecule has 3 nitrogen and oxygen atoms in total. The van der Waals surface area contributed by atoms with Crippen LogP contribution in [0.1, 0.15) is 4.88 Å². The summed E-state index contributed by atoms with van der Waals surface area (Å²) in [5, 5.41) is 1.02. The van der Waals surface area contributed by atoms with Gasteiger partial charge in [0.1, 0.15) is 10.8 Å². The molecule has 2 aromatic rings. The zero-order chi connectivity index (χ0) is 11.4. The van der Waals surface area contributed by atoms with Crippen molar-refractivity contribution >= 4 is 11.3 Å². The number of benzene rings is 1. The van der Waals surface area contributed by atoms with Gasteiger partial charge in [-0.2, -0.15) is 0 Å². The molecule has 16 heavy (non-hydrogen) atoms. The average Bonchev–Trinajstić information content (AvgIpc) is 2.78. The van der Waals surface area contributed by atoms with Gasteiger partial charge >= 0.3 is 0 Å². The van der Waals surface area contributed by atoms with E-state index in [4.69, 9.17) is 10.5 Å². The van der Waals surface area contributed by atoms with Crippen molar-refractivity contribution < 1.29 is 4.74 Å². The molecule has 0 aliphatic heterocycles. The third kappa shape index (κ3) is 2.40. The van der Waals surface area contributed by atoms with Crippen LogP contribution in [-0.4, -0.2) is 18.6 Å². The minimum Gasteiger partial charge on any atom is -0.497 e. The fourth-order valence-electron chi connectivity index (χ4n) is 1.45. The summed E-state index contributed by atoms with van der Waals surface area (Å²) in [5.74, 6) is 0.855. The molecule has 1 heterocycles. The number of hydrogen-bond acceptors (Lipinski definition) is 4. The van der Waals surface area contributed by atoms with Gasteiger partial charge in [-0.25, -0.2) is 4.98 Å². The topological polar surface area (TPSA) is 48.1 Å². The summed E-state index contributed by atoms with van der Waals surface area (Å²) in [6.07, 6.45) is 2.79. The summed E-state index contributed by atoms with van der Waals surface area (Å²) < 4.78 is 5.19. The van der Waals surface area contributed by atoms with Gasteiger partial charge in [0.05, 0.1) is 7.11 Å². The second kappa shape index (κ2) is 5.09. The zero-order valence-electron chi connectivity index (χ0n) is 9.14. The van der Waals surface area contributed by atoms with Crippen LogP contribution in [0.2, 0.25) is 0 Å². The Bertz CT molecular complexity index is 468. The van der Waals surface area contributed by atoms with Crippen LogP contribution in [0, 0.1) is 0 Å². The lowest BCUT2D eigenvalue weighted by Gasteiger charge is -2.00. The van der Waals surface area contributed by atoms with Crippen LogP contribution < -0.4 is 10.5 Å². The third-order valence-corrected chi connectivity index (χ3v) is 3.37. The van der Waals surface area contributed by atoms with Crippen molar-refractivity contribution in [3.05, 3.63) is 35.3 Å². The number of aromatic nitrogens is 1. The van der Waals surface area contributed by atoms with Crippen LogP contribution in [0.3, 0.4) is 0 Å². The first-order valence-electron chi connectivity index (χ1n) is 5.12. The Morgan fingerprint density at radius 2 is 2.31 bits per heavy atom. The summed E-state index contributed by atoms with van der Waals surface area (Å²) >= 11 is 1.68. The number of thiazole rings is 1. The van der Waals surface area contributed by atoms with Gasteiger partial charge < -0.3 is 10.5 Å². The Morgan fingerprint density at radius 1 is 1.44 bits per heavy atom. The molecule has 0 amide bonds. The SMILES string of the molecule is COc1cccc(-c2ncc(CCN)s2)c1. The summed E-state index contributed by atoms with van der Waals surface area (Å²) in [5.41, 5.74) is 6.60. The van der Waals surface area contributed by atoms with Crippen LogP contribution in [0.25, 0.3) is 10.6 Å². The third-order valence-electron chi connectivity index (χ3n) is 2.26. The molecule has 1 aromatic carbocycles. The summed E-state index contributed by atoms with van der Waals surface area (Å²) in [6, 6.07) is 7.93. The molecule has 0 aliphatic rings. The van der Waals surface area contributed by atoms with Gasteiger partial charge in [-0.3, -0.25) is 0 Å². The number of nitrogens with two attached hydrogens (primary N) is 1. The Balaban J connectivity index is 2.27. The number of rotatable bonds is 4. The molecule has 0 spiro atoms. The van der Waals surface area contributed by atoms with E-state index in [0.29, 0.717) is 6.54 Å². The number of methoxy groups -OCH3 is 1. The molecule has 0 atom stereocenters. The smallest absolute Gasteiger partial charge is 0.123 e. The maximum atomic E-state index is 5.51. The maximum absolute atomic E-state index is 5.51. The largest absolute Gasteiger partial charge is 0.497 e. The second-order valence-electron chi connectivity index (χ2n) is 3.40. The lowest BCUT2D eigenvalue weighted by atomic mass is 10.2. The highest BCUT2D eigenvalue weighted by molar-refractivity contribution is 7.15. The quantitative estimate of drug-likeness (QED) is 0.883. The first kappa shape index (κ1) is 11.1. The molecule has 0 saturated heterocycles. The lowest BCUT2D eigenvalue weighted by Crippen LogP contribution is -2.00. The molecule has 0 saturated carbocycles. The standard InChI is InChI=1S/C12H14N2OS/c1-15-10-4-2-3-9(7-10)12-14-8-11(16-12)5-6-13/h2-4,7-8H,5-6,13H2,1H3. The van der Waals surface area contributed by atoms with Crippen LogP contribution in [0.15, 0.2) is 30.5 Å². The van der Waals surface area contributed by atoms with Crippen molar-refractivity contribution in [3.8, 4) is 16.3 Å². The van der Waals surface area contributed by atoms with E-state index in [1.165, 1.54) is 4.88 Å². The molecule has 2 rings (SSSR count). The highest BCUT2D eigenvalue weighted by Gasteiger charge is 2.05. The van der Waals surface area contributed by atoms with Gasteiger partial charge in [0.2, 0.25) is 0 Å². The highest BCUT2D eigenvalue weighted by Crippen LogP contribution is 2.27. The average molecular weight is 234 g/mol. The van der Waals surface area contributed by atoms with E-state index in [1.54, 1.807) is 18.4 Å². The molecule has 84 valence electrons. The number of nitrogens with zero attached hydrogens (tertiary/aromatic N) is 1. The molecule has 0 bridgehead atoms. The molecular formula is C12H14N2OS. The molecule has 0 unspecified atom stereocenters. The van der Waals surface area contributed by atoms with Crippen molar-refractivity contribution in [2.75, 3.05) is 13.7 Å². The van der Waals surface area contributed by atoms with Gasteiger partial charge in [0.25, 0.3) is 0 Å². The van der Waals surface area contributed by atoms with Crippen LogP contribution in [0.4, 0.5) is 0 Å². The first-order chi connectivity index (χ1) is 7.83. The van der Waals surface area contributed by atoms with E-state index in [1.807, 2.05) is 30.5 Å². The molecule has 0 fully saturated rings. The van der Waals surface area contributed by atoms with Crippen molar-refractivity contribution in [1.29, 1.82) is 0 Å². The van der Waals surface area contributed by atoms with Gasteiger partial charge in [-0.05, 0) is 25.1 Å². The fraction of sp³-hybridized carbons (Fsp3) is 0.250. The van der Waals surface area contributed by atoms with Crippen molar-refractivity contribution in [1.82, 2.24) is 4.98 Å². The molecule has 1 aromatic heterocycles. The van der Waals surface area contributed by atoms with E-state index in [2.05, 4.69) is 4.98 Å². The summed E-state index contributed by atoms with van der Waals surface area (Å²) in [7, 11) is 1.67. The highest BCUT2D eigenvalue weighted by atomic mass is 32.1. The van der Waals surface area contributed by atoms with Crippen molar-refractivity contribution in [2.24, 2.45) is 5.73 Å². The number of hydrogen-bond donors (Lipinski definition) is 1. The van der Waals surface area contributed by atoms with Crippen LogP contribution >= 0.6 is 11.3 Å². The molecule has 0 aliphatic carbocycles. The Labute approximate surface area is 98.9 Å². The van der Waals surface area contributed by atoms with Gasteiger partial charge in [-0.15, -0.1) is 11.3 Å². The van der Waals surface area contributed by atoms with Crippen molar-refractivity contribution in [3.63, 3.8) is 0 Å². The fourth-order valence-corrected chi connectivity index (χ4v) is 2.38. The molecule has 4 heteroatoms. The lowest BCUT2D eigenvalue weighted by molar-refractivity contribution is 0.415. The first-order valence-corrected chi connectivity index (χ1v) is 5.94. The van der Waals surface area contributed by atoms with Gasteiger partial charge in [0.15, 0.2) is 0 Å². The van der Waals surface area contributed by atoms with Crippen LogP contribution in [0.5, 0.6) is 5.75 Å². The van der Waals surface area contributed by atoms with E-state index in [0.717, 1.165) is 22.7 Å². The summed E-state index contributed by atoms with van der Waals surface area (Å²) in [6.45, 7) is 0.666. The molecule has 2 N–H and O–H groups in total. The Morgan fingerprint density at radius 3 is 3.06 bits per heavy atom. The normalized spacial score (nSPS) is 10.4. The monoisotopic (exact) mass is 234 g/mol. The van der Waals surface area contributed by atoms with Crippen LogP contribution in [-0.2, 0) is 6.42 Å². The van der Waals surface area contributed by atoms with E-state index in [-0.39, 0.29) is 0 Å². The second-order valence-corrected chi connectivity index (χ2v) is 4.52. The predicted octanol–water partition coefficient (Wildman–Crippen LogP) is 2.32. The van der Waals surface area contributed by atoms with Gasteiger partial charge in [-0.1, -0.05) is 12.1 Å². The molecule has 0 radical (unpaired) electrons. The summed E-state index contributed by atoms with van der Waals surface area (Å²) in [4.78, 5) is 5.61. The van der Waals surface area contributed by atoms with E-state index >= 15 is 0 Å². The predicted molar refractivity (Wildman–Crippen MR) is 66.9 cm³/mol. The van der Waals surface area contributed by atoms with Crippen molar-refractivity contribution in [2.45, 2.75) is 6.42 Å². The minimum absolute atomic E-state index is 0.666. The number of ether oxygens (including phenoxy) is 1.